The Morgan fingerprint density at radius 1 is 1.19 bits per heavy atom. The molecule has 0 radical (unpaired) electrons. The highest BCUT2D eigenvalue weighted by Gasteiger charge is 2.05. The normalized spacial score (nSPS) is 10.6. The van der Waals surface area contributed by atoms with Gasteiger partial charge in [0.1, 0.15) is 5.75 Å². The smallest absolute Gasteiger partial charge is 0.277 e. The number of carbonyl (C=O) groups is 1. The fraction of sp³-hybridized carbons (Fsp3) is 0.263. The number of hydrogen-bond acceptors (Lipinski definition) is 5. The van der Waals surface area contributed by atoms with Crippen molar-refractivity contribution in [1.29, 1.82) is 0 Å². The summed E-state index contributed by atoms with van der Waals surface area (Å²) in [6.45, 7) is 2.49. The summed E-state index contributed by atoms with van der Waals surface area (Å²) < 4.78 is 16.2. The fourth-order valence-corrected chi connectivity index (χ4v) is 2.19. The Morgan fingerprint density at radius 2 is 2.04 bits per heavy atom. The third-order valence-corrected chi connectivity index (χ3v) is 3.45. The molecule has 138 valence electrons. The van der Waals surface area contributed by atoms with Crippen molar-refractivity contribution in [2.24, 2.45) is 5.10 Å². The minimum absolute atomic E-state index is 0.162. The molecule has 0 atom stereocenters. The second-order valence-corrected chi connectivity index (χ2v) is 5.73. The maximum Gasteiger partial charge on any atom is 0.277 e. The Morgan fingerprint density at radius 3 is 2.77 bits per heavy atom. The number of hydrazone groups is 1. The van der Waals surface area contributed by atoms with Crippen LogP contribution in [0.3, 0.4) is 0 Å². The summed E-state index contributed by atoms with van der Waals surface area (Å²) in [5.41, 5.74) is 3.17. The highest BCUT2D eigenvalue weighted by molar-refractivity contribution is 6.30. The first-order valence-corrected chi connectivity index (χ1v) is 8.51. The lowest BCUT2D eigenvalue weighted by Crippen LogP contribution is -2.24. The van der Waals surface area contributed by atoms with Crippen LogP contribution in [0.15, 0.2) is 47.6 Å². The number of nitrogens with one attached hydrogen (secondary N) is 1. The first-order chi connectivity index (χ1) is 12.6. The van der Waals surface area contributed by atoms with Crippen molar-refractivity contribution in [3.8, 4) is 17.2 Å². The molecule has 2 aromatic rings. The molecule has 7 heteroatoms. The van der Waals surface area contributed by atoms with Crippen molar-refractivity contribution in [2.75, 3.05) is 20.3 Å². The molecule has 0 heterocycles. The standard InChI is InChI=1S/C19H21ClN2O4/c1-3-9-25-17-8-7-14(10-18(17)24-2)12-21-22-19(23)13-26-16-6-4-5-15(20)11-16/h4-8,10-12H,3,9,13H2,1-2H3,(H,22,23)/b21-12+. The van der Waals surface area contributed by atoms with Crippen LogP contribution in [0, 0.1) is 0 Å². The molecule has 0 unspecified atom stereocenters. The van der Waals surface area contributed by atoms with Gasteiger partial charge in [0, 0.05) is 5.02 Å². The van der Waals surface area contributed by atoms with Gasteiger partial charge in [-0.3, -0.25) is 4.79 Å². The van der Waals surface area contributed by atoms with Crippen LogP contribution in [0.1, 0.15) is 18.9 Å². The van der Waals surface area contributed by atoms with Gasteiger partial charge in [-0.05, 0) is 48.4 Å². The molecule has 2 aromatic carbocycles. The van der Waals surface area contributed by atoms with E-state index in [2.05, 4.69) is 10.5 Å². The maximum atomic E-state index is 11.8. The zero-order chi connectivity index (χ0) is 18.8. The molecule has 2 rings (SSSR count). The van der Waals surface area contributed by atoms with Gasteiger partial charge in [-0.15, -0.1) is 0 Å². The molecule has 0 fully saturated rings. The molecule has 0 aliphatic heterocycles. The highest BCUT2D eigenvalue weighted by Crippen LogP contribution is 2.27. The van der Waals surface area contributed by atoms with Gasteiger partial charge in [-0.25, -0.2) is 5.43 Å². The van der Waals surface area contributed by atoms with Crippen molar-refractivity contribution in [1.82, 2.24) is 5.43 Å². The summed E-state index contributed by atoms with van der Waals surface area (Å²) >= 11 is 5.85. The average molecular weight is 377 g/mol. The Hall–Kier alpha value is -2.73. The molecule has 0 bridgehead atoms. The first kappa shape index (κ1) is 19.6. The predicted octanol–water partition coefficient (Wildman–Crippen LogP) is 3.67. The van der Waals surface area contributed by atoms with E-state index in [-0.39, 0.29) is 12.5 Å². The largest absolute Gasteiger partial charge is 0.493 e. The van der Waals surface area contributed by atoms with Crippen LogP contribution in [-0.4, -0.2) is 32.4 Å². The highest BCUT2D eigenvalue weighted by atomic mass is 35.5. The molecule has 1 amide bonds. The van der Waals surface area contributed by atoms with Crippen molar-refractivity contribution in [2.45, 2.75) is 13.3 Å². The minimum Gasteiger partial charge on any atom is -0.493 e. The quantitative estimate of drug-likeness (QED) is 0.535. The topological polar surface area (TPSA) is 69.2 Å². The maximum absolute atomic E-state index is 11.8. The summed E-state index contributed by atoms with van der Waals surface area (Å²) in [5.74, 6) is 1.42. The van der Waals surface area contributed by atoms with E-state index >= 15 is 0 Å². The van der Waals surface area contributed by atoms with Gasteiger partial charge in [0.15, 0.2) is 18.1 Å². The van der Waals surface area contributed by atoms with Crippen LogP contribution in [-0.2, 0) is 4.79 Å². The van der Waals surface area contributed by atoms with Crippen molar-refractivity contribution in [3.63, 3.8) is 0 Å². The van der Waals surface area contributed by atoms with Gasteiger partial charge < -0.3 is 14.2 Å². The first-order valence-electron chi connectivity index (χ1n) is 8.13. The molecule has 0 spiro atoms. The van der Waals surface area contributed by atoms with Crippen LogP contribution in [0.2, 0.25) is 5.02 Å². The summed E-state index contributed by atoms with van der Waals surface area (Å²) in [5, 5.41) is 4.45. The number of halogens is 1. The number of ether oxygens (including phenoxy) is 3. The lowest BCUT2D eigenvalue weighted by atomic mass is 10.2. The fourth-order valence-electron chi connectivity index (χ4n) is 2.01. The van der Waals surface area contributed by atoms with E-state index < -0.39 is 0 Å². The van der Waals surface area contributed by atoms with Gasteiger partial charge in [0.25, 0.3) is 5.91 Å². The third kappa shape index (κ3) is 6.29. The van der Waals surface area contributed by atoms with Gasteiger partial charge in [0.2, 0.25) is 0 Å². The second kappa shape index (κ2) is 10.3. The Labute approximate surface area is 157 Å². The zero-order valence-corrected chi connectivity index (χ0v) is 15.5. The average Bonchev–Trinajstić information content (AvgIpc) is 2.65. The number of benzene rings is 2. The Bertz CT molecular complexity index is 765. The van der Waals surface area contributed by atoms with Crippen LogP contribution in [0.4, 0.5) is 0 Å². The molecule has 6 nitrogen and oxygen atoms in total. The SMILES string of the molecule is CCCOc1ccc(/C=N/NC(=O)COc2cccc(Cl)c2)cc1OC. The van der Waals surface area contributed by atoms with Gasteiger partial charge in [0.05, 0.1) is 19.9 Å². The number of amides is 1. The van der Waals surface area contributed by atoms with E-state index in [1.165, 1.54) is 6.21 Å². The molecule has 0 aromatic heterocycles. The summed E-state index contributed by atoms with van der Waals surface area (Å²) in [7, 11) is 1.57. The molecular weight excluding hydrogens is 356 g/mol. The number of rotatable bonds is 9. The van der Waals surface area contributed by atoms with Crippen molar-refractivity contribution >= 4 is 23.7 Å². The summed E-state index contributed by atoms with van der Waals surface area (Å²) in [6, 6.07) is 12.2. The van der Waals surface area contributed by atoms with E-state index in [9.17, 15) is 4.79 Å². The van der Waals surface area contributed by atoms with E-state index in [1.54, 1.807) is 43.5 Å². The van der Waals surface area contributed by atoms with E-state index in [1.807, 2.05) is 13.0 Å². The van der Waals surface area contributed by atoms with Crippen LogP contribution in [0.5, 0.6) is 17.2 Å². The van der Waals surface area contributed by atoms with E-state index in [0.717, 1.165) is 12.0 Å². The van der Waals surface area contributed by atoms with Crippen molar-refractivity contribution < 1.29 is 19.0 Å². The van der Waals surface area contributed by atoms with Crippen LogP contribution in [0.25, 0.3) is 0 Å². The van der Waals surface area contributed by atoms with Crippen LogP contribution >= 0.6 is 11.6 Å². The molecule has 0 aliphatic rings. The Kier molecular flexibility index (Phi) is 7.76. The van der Waals surface area contributed by atoms with Gasteiger partial charge in [-0.2, -0.15) is 5.10 Å². The van der Waals surface area contributed by atoms with Crippen LogP contribution < -0.4 is 19.6 Å². The molecule has 1 N–H and O–H groups in total. The van der Waals surface area contributed by atoms with E-state index in [4.69, 9.17) is 25.8 Å². The second-order valence-electron chi connectivity index (χ2n) is 5.30. The third-order valence-electron chi connectivity index (χ3n) is 3.22. The zero-order valence-electron chi connectivity index (χ0n) is 14.7. The molecule has 0 aliphatic carbocycles. The minimum atomic E-state index is -0.379. The summed E-state index contributed by atoms with van der Waals surface area (Å²) in [4.78, 5) is 11.8. The number of nitrogens with zero attached hydrogens (tertiary/aromatic N) is 1. The monoisotopic (exact) mass is 376 g/mol. The van der Waals surface area contributed by atoms with Gasteiger partial charge in [-0.1, -0.05) is 24.6 Å². The molecular formula is C19H21ClN2O4. The van der Waals surface area contributed by atoms with E-state index in [0.29, 0.717) is 28.9 Å². The number of hydrogen-bond donors (Lipinski definition) is 1. The molecule has 26 heavy (non-hydrogen) atoms. The summed E-state index contributed by atoms with van der Waals surface area (Å²) in [6.07, 6.45) is 2.43. The predicted molar refractivity (Wildman–Crippen MR) is 101 cm³/mol. The lowest BCUT2D eigenvalue weighted by Gasteiger charge is -2.10. The Balaban J connectivity index is 1.86. The van der Waals surface area contributed by atoms with Crippen molar-refractivity contribution in [3.05, 3.63) is 53.1 Å². The molecule has 0 saturated carbocycles. The number of carbonyl (C=O) groups excluding carboxylic acids is 1. The number of methoxy groups -OCH3 is 1. The lowest BCUT2D eigenvalue weighted by molar-refractivity contribution is -0.123. The van der Waals surface area contributed by atoms with Gasteiger partial charge >= 0.3 is 0 Å². The molecule has 0 saturated heterocycles.